The monoisotopic (exact) mass is 313 g/mol. The third-order valence-electron chi connectivity index (χ3n) is 2.99. The van der Waals surface area contributed by atoms with E-state index >= 15 is 0 Å². The Bertz CT molecular complexity index is 671. The molecule has 1 amide bonds. The van der Waals surface area contributed by atoms with Crippen molar-refractivity contribution in [3.63, 3.8) is 0 Å². The Balaban J connectivity index is 2.12. The van der Waals surface area contributed by atoms with Gasteiger partial charge in [0.1, 0.15) is 20.9 Å². The van der Waals surface area contributed by atoms with Crippen molar-refractivity contribution in [2.75, 3.05) is 23.9 Å². The highest BCUT2D eigenvalue weighted by atomic mass is 32.2. The average molecular weight is 313 g/mol. The van der Waals surface area contributed by atoms with Crippen LogP contribution in [0.25, 0.3) is 0 Å². The van der Waals surface area contributed by atoms with Crippen molar-refractivity contribution in [1.29, 1.82) is 5.26 Å². The highest BCUT2D eigenvalue weighted by molar-refractivity contribution is 7.90. The molecule has 2 N–H and O–H groups in total. The third-order valence-corrected chi connectivity index (χ3v) is 5.09. The number of thiophene rings is 1. The zero-order chi connectivity index (χ0) is 14.8. The zero-order valence-corrected chi connectivity index (χ0v) is 12.7. The smallest absolute Gasteiger partial charge is 0.226 e. The van der Waals surface area contributed by atoms with Crippen LogP contribution in [0, 0.1) is 11.3 Å². The molecule has 1 aromatic heterocycles. The van der Waals surface area contributed by atoms with Gasteiger partial charge in [0, 0.05) is 24.1 Å². The molecule has 0 saturated carbocycles. The normalized spacial score (nSPS) is 14.4. The molecule has 0 spiro atoms. The largest absolute Gasteiger partial charge is 0.317 e. The van der Waals surface area contributed by atoms with Crippen LogP contribution in [0.1, 0.15) is 22.4 Å². The topological polar surface area (TPSA) is 99.1 Å². The Labute approximate surface area is 121 Å². The minimum Gasteiger partial charge on any atom is -0.317 e. The van der Waals surface area contributed by atoms with Crippen LogP contribution >= 0.6 is 11.3 Å². The summed E-state index contributed by atoms with van der Waals surface area (Å²) in [7, 11) is -3.16. The van der Waals surface area contributed by atoms with E-state index in [0.29, 0.717) is 17.1 Å². The molecule has 2 heterocycles. The fourth-order valence-corrected chi connectivity index (χ4v) is 3.75. The van der Waals surface area contributed by atoms with Crippen LogP contribution in [0.5, 0.6) is 0 Å². The number of carbonyl (C=O) groups is 1. The van der Waals surface area contributed by atoms with Crippen LogP contribution < -0.4 is 10.6 Å². The van der Waals surface area contributed by atoms with E-state index < -0.39 is 9.84 Å². The molecule has 2 rings (SSSR count). The summed E-state index contributed by atoms with van der Waals surface area (Å²) in [6.07, 6.45) is 1.77. The van der Waals surface area contributed by atoms with Gasteiger partial charge in [-0.25, -0.2) is 8.42 Å². The molecule has 0 saturated heterocycles. The van der Waals surface area contributed by atoms with Gasteiger partial charge in [-0.3, -0.25) is 4.79 Å². The van der Waals surface area contributed by atoms with Crippen molar-refractivity contribution in [2.45, 2.75) is 19.4 Å². The number of sulfone groups is 1. The Hall–Kier alpha value is -1.43. The fourth-order valence-electron chi connectivity index (χ4n) is 2.01. The van der Waals surface area contributed by atoms with Crippen molar-refractivity contribution in [1.82, 2.24) is 5.32 Å². The Morgan fingerprint density at radius 1 is 1.55 bits per heavy atom. The number of amides is 1. The summed E-state index contributed by atoms with van der Waals surface area (Å²) in [6.45, 7) is 1.52. The number of fused-ring (bicyclic) bond motifs is 1. The van der Waals surface area contributed by atoms with Crippen molar-refractivity contribution in [3.8, 4) is 6.07 Å². The van der Waals surface area contributed by atoms with Crippen molar-refractivity contribution in [3.05, 3.63) is 16.0 Å². The van der Waals surface area contributed by atoms with Gasteiger partial charge >= 0.3 is 0 Å². The first kappa shape index (κ1) is 15.0. The van der Waals surface area contributed by atoms with Crippen molar-refractivity contribution in [2.24, 2.45) is 0 Å². The second kappa shape index (κ2) is 5.91. The van der Waals surface area contributed by atoms with Gasteiger partial charge in [0.2, 0.25) is 5.91 Å². The molecule has 1 aromatic rings. The predicted molar refractivity (Wildman–Crippen MR) is 77.4 cm³/mol. The molecule has 1 aliphatic heterocycles. The van der Waals surface area contributed by atoms with Gasteiger partial charge in [-0.2, -0.15) is 5.26 Å². The molecule has 20 heavy (non-hydrogen) atoms. The maximum atomic E-state index is 11.7. The Morgan fingerprint density at radius 2 is 2.30 bits per heavy atom. The molecule has 0 aromatic carbocycles. The molecular formula is C12H15N3O3S2. The molecule has 0 radical (unpaired) electrons. The van der Waals surface area contributed by atoms with Crippen LogP contribution in [0.2, 0.25) is 0 Å². The third kappa shape index (κ3) is 3.56. The summed E-state index contributed by atoms with van der Waals surface area (Å²) < 4.78 is 22.1. The van der Waals surface area contributed by atoms with E-state index in [9.17, 15) is 18.5 Å². The van der Waals surface area contributed by atoms with E-state index in [1.165, 1.54) is 11.3 Å². The SMILES string of the molecule is CS(=O)(=O)CCC(=O)Nc1sc2c(c1C#N)CCNC2. The van der Waals surface area contributed by atoms with Gasteiger partial charge in [0.05, 0.1) is 11.3 Å². The van der Waals surface area contributed by atoms with Crippen LogP contribution in [0.4, 0.5) is 5.00 Å². The quantitative estimate of drug-likeness (QED) is 0.850. The Kier molecular flexibility index (Phi) is 4.42. The van der Waals surface area contributed by atoms with E-state index in [4.69, 9.17) is 0 Å². The first-order chi connectivity index (χ1) is 9.40. The highest BCUT2D eigenvalue weighted by Crippen LogP contribution is 2.34. The van der Waals surface area contributed by atoms with Gasteiger partial charge in [-0.15, -0.1) is 11.3 Å². The van der Waals surface area contributed by atoms with Gasteiger partial charge in [0.15, 0.2) is 0 Å². The summed E-state index contributed by atoms with van der Waals surface area (Å²) in [5.41, 5.74) is 1.51. The molecule has 0 fully saturated rings. The Morgan fingerprint density at radius 3 is 2.95 bits per heavy atom. The highest BCUT2D eigenvalue weighted by Gasteiger charge is 2.21. The number of hydrogen-bond donors (Lipinski definition) is 2. The summed E-state index contributed by atoms with van der Waals surface area (Å²) in [5, 5.41) is 15.6. The summed E-state index contributed by atoms with van der Waals surface area (Å²) in [6, 6.07) is 2.13. The maximum Gasteiger partial charge on any atom is 0.226 e. The fraction of sp³-hybridized carbons (Fsp3) is 0.500. The lowest BCUT2D eigenvalue weighted by molar-refractivity contribution is -0.115. The second-order valence-corrected chi connectivity index (χ2v) is 8.04. The van der Waals surface area contributed by atoms with E-state index in [-0.39, 0.29) is 18.1 Å². The molecule has 1 aliphatic rings. The predicted octanol–water partition coefficient (Wildman–Crippen LogP) is 0.639. The van der Waals surface area contributed by atoms with Gasteiger partial charge in [0.25, 0.3) is 0 Å². The van der Waals surface area contributed by atoms with Crippen LogP contribution in [-0.4, -0.2) is 32.9 Å². The van der Waals surface area contributed by atoms with Crippen LogP contribution in [-0.2, 0) is 27.6 Å². The molecular weight excluding hydrogens is 298 g/mol. The standard InChI is InChI=1S/C12H15N3O3S2/c1-20(17,18)5-3-11(16)15-12-9(6-13)8-2-4-14-7-10(8)19-12/h14H,2-5,7H2,1H3,(H,15,16). The first-order valence-electron chi connectivity index (χ1n) is 6.13. The molecule has 108 valence electrons. The second-order valence-electron chi connectivity index (χ2n) is 4.67. The van der Waals surface area contributed by atoms with Gasteiger partial charge in [-0.1, -0.05) is 0 Å². The molecule has 0 bridgehead atoms. The molecule has 0 atom stereocenters. The summed E-state index contributed by atoms with van der Waals surface area (Å²) in [5.74, 6) is -0.564. The van der Waals surface area contributed by atoms with Gasteiger partial charge < -0.3 is 10.6 Å². The number of hydrogen-bond acceptors (Lipinski definition) is 6. The summed E-state index contributed by atoms with van der Waals surface area (Å²) >= 11 is 1.38. The van der Waals surface area contributed by atoms with Crippen molar-refractivity contribution >= 4 is 32.1 Å². The summed E-state index contributed by atoms with van der Waals surface area (Å²) in [4.78, 5) is 12.8. The lowest BCUT2D eigenvalue weighted by Gasteiger charge is -2.11. The number of carbonyl (C=O) groups excluding carboxylic acids is 1. The van der Waals surface area contributed by atoms with E-state index in [2.05, 4.69) is 16.7 Å². The number of nitrogens with zero attached hydrogens (tertiary/aromatic N) is 1. The number of anilines is 1. The number of nitrogens with one attached hydrogen (secondary N) is 2. The number of nitriles is 1. The average Bonchev–Trinajstić information content (AvgIpc) is 2.72. The zero-order valence-electron chi connectivity index (χ0n) is 11.0. The molecule has 8 heteroatoms. The molecule has 6 nitrogen and oxygen atoms in total. The van der Waals surface area contributed by atoms with E-state index in [1.54, 1.807) is 0 Å². The van der Waals surface area contributed by atoms with E-state index in [1.807, 2.05) is 0 Å². The van der Waals surface area contributed by atoms with Crippen LogP contribution in [0.3, 0.4) is 0 Å². The number of rotatable bonds is 4. The van der Waals surface area contributed by atoms with Gasteiger partial charge in [-0.05, 0) is 18.5 Å². The molecule has 0 unspecified atom stereocenters. The minimum absolute atomic E-state index is 0.0927. The minimum atomic E-state index is -3.16. The van der Waals surface area contributed by atoms with E-state index in [0.717, 1.165) is 29.7 Å². The van der Waals surface area contributed by atoms with Crippen molar-refractivity contribution < 1.29 is 13.2 Å². The van der Waals surface area contributed by atoms with Crippen LogP contribution in [0.15, 0.2) is 0 Å². The maximum absolute atomic E-state index is 11.7. The molecule has 0 aliphatic carbocycles. The first-order valence-corrected chi connectivity index (χ1v) is 9.01. The lowest BCUT2D eigenvalue weighted by Crippen LogP contribution is -2.22. The lowest BCUT2D eigenvalue weighted by atomic mass is 10.1.